The Kier molecular flexibility index (Phi) is 4.64. The van der Waals surface area contributed by atoms with Gasteiger partial charge in [0.1, 0.15) is 0 Å². The van der Waals surface area contributed by atoms with Gasteiger partial charge in [-0.05, 0) is 29.7 Å². The van der Waals surface area contributed by atoms with E-state index in [1.807, 2.05) is 24.3 Å². The molecule has 20 heavy (non-hydrogen) atoms. The molecule has 0 saturated heterocycles. The summed E-state index contributed by atoms with van der Waals surface area (Å²) in [4.78, 5) is 11.1. The zero-order valence-corrected chi connectivity index (χ0v) is 12.0. The summed E-state index contributed by atoms with van der Waals surface area (Å²) >= 11 is 6.02. The SMILES string of the molecule is CC(CNc1ccc(C(N)=O)c(Cl)c1)c1ccccc1. The predicted molar refractivity (Wildman–Crippen MR) is 83.3 cm³/mol. The molecule has 1 amide bonds. The smallest absolute Gasteiger partial charge is 0.250 e. The minimum Gasteiger partial charge on any atom is -0.384 e. The van der Waals surface area contributed by atoms with E-state index in [0.717, 1.165) is 12.2 Å². The number of nitrogens with one attached hydrogen (secondary N) is 1. The molecule has 2 aromatic carbocycles. The van der Waals surface area contributed by atoms with Gasteiger partial charge in [-0.15, -0.1) is 0 Å². The van der Waals surface area contributed by atoms with Crippen LogP contribution in [0.3, 0.4) is 0 Å². The second kappa shape index (κ2) is 6.44. The third kappa shape index (κ3) is 3.52. The van der Waals surface area contributed by atoms with Crippen LogP contribution in [0.5, 0.6) is 0 Å². The van der Waals surface area contributed by atoms with Gasteiger partial charge in [-0.1, -0.05) is 48.9 Å². The monoisotopic (exact) mass is 288 g/mol. The fourth-order valence-electron chi connectivity index (χ4n) is 2.00. The van der Waals surface area contributed by atoms with Crippen LogP contribution in [-0.4, -0.2) is 12.5 Å². The third-order valence-corrected chi connectivity index (χ3v) is 3.53. The van der Waals surface area contributed by atoms with Gasteiger partial charge in [0.05, 0.1) is 10.6 Å². The van der Waals surface area contributed by atoms with Crippen molar-refractivity contribution in [2.45, 2.75) is 12.8 Å². The summed E-state index contributed by atoms with van der Waals surface area (Å²) in [5.74, 6) is -0.134. The minimum atomic E-state index is -0.515. The first-order valence-electron chi connectivity index (χ1n) is 6.46. The van der Waals surface area contributed by atoms with Crippen molar-refractivity contribution in [1.29, 1.82) is 0 Å². The molecule has 0 spiro atoms. The normalized spacial score (nSPS) is 11.9. The van der Waals surface area contributed by atoms with E-state index in [0.29, 0.717) is 16.5 Å². The second-order valence-electron chi connectivity index (χ2n) is 4.75. The van der Waals surface area contributed by atoms with E-state index < -0.39 is 5.91 Å². The Hall–Kier alpha value is -2.00. The summed E-state index contributed by atoms with van der Waals surface area (Å²) < 4.78 is 0. The highest BCUT2D eigenvalue weighted by molar-refractivity contribution is 6.34. The molecule has 1 unspecified atom stereocenters. The molecular weight excluding hydrogens is 272 g/mol. The lowest BCUT2D eigenvalue weighted by Gasteiger charge is -2.14. The molecule has 1 atom stereocenters. The van der Waals surface area contributed by atoms with E-state index in [1.165, 1.54) is 5.56 Å². The van der Waals surface area contributed by atoms with Crippen LogP contribution < -0.4 is 11.1 Å². The maximum atomic E-state index is 11.1. The number of rotatable bonds is 5. The van der Waals surface area contributed by atoms with Gasteiger partial charge in [-0.25, -0.2) is 0 Å². The largest absolute Gasteiger partial charge is 0.384 e. The van der Waals surface area contributed by atoms with Crippen molar-refractivity contribution in [3.05, 3.63) is 64.7 Å². The van der Waals surface area contributed by atoms with Gasteiger partial charge in [-0.3, -0.25) is 4.79 Å². The molecule has 3 N–H and O–H groups in total. The molecule has 0 bridgehead atoms. The number of amides is 1. The number of benzene rings is 2. The number of primary amides is 1. The number of anilines is 1. The van der Waals surface area contributed by atoms with E-state index in [-0.39, 0.29) is 0 Å². The lowest BCUT2D eigenvalue weighted by molar-refractivity contribution is 0.100. The Morgan fingerprint density at radius 1 is 1.25 bits per heavy atom. The van der Waals surface area contributed by atoms with Crippen LogP contribution in [-0.2, 0) is 0 Å². The number of carbonyl (C=O) groups excluding carboxylic acids is 1. The number of hydrogen-bond donors (Lipinski definition) is 2. The van der Waals surface area contributed by atoms with E-state index in [2.05, 4.69) is 24.4 Å². The summed E-state index contributed by atoms with van der Waals surface area (Å²) in [6.07, 6.45) is 0. The van der Waals surface area contributed by atoms with Crippen LogP contribution in [0, 0.1) is 0 Å². The molecule has 0 fully saturated rings. The van der Waals surface area contributed by atoms with Gasteiger partial charge >= 0.3 is 0 Å². The van der Waals surface area contributed by atoms with Crippen molar-refractivity contribution in [3.63, 3.8) is 0 Å². The molecule has 0 aliphatic rings. The molecule has 0 aliphatic carbocycles. The Bertz CT molecular complexity index is 599. The van der Waals surface area contributed by atoms with Gasteiger partial charge in [0.15, 0.2) is 0 Å². The number of hydrogen-bond acceptors (Lipinski definition) is 2. The summed E-state index contributed by atoms with van der Waals surface area (Å²) in [6.45, 7) is 2.94. The molecule has 2 aromatic rings. The average molecular weight is 289 g/mol. The van der Waals surface area contributed by atoms with Crippen molar-refractivity contribution in [2.24, 2.45) is 5.73 Å². The van der Waals surface area contributed by atoms with Crippen molar-refractivity contribution in [3.8, 4) is 0 Å². The summed E-state index contributed by atoms with van der Waals surface area (Å²) in [5, 5.41) is 3.68. The average Bonchev–Trinajstić information content (AvgIpc) is 2.45. The summed E-state index contributed by atoms with van der Waals surface area (Å²) in [6, 6.07) is 15.5. The highest BCUT2D eigenvalue weighted by atomic mass is 35.5. The van der Waals surface area contributed by atoms with Crippen LogP contribution >= 0.6 is 11.6 Å². The number of carbonyl (C=O) groups is 1. The fraction of sp³-hybridized carbons (Fsp3) is 0.188. The molecular formula is C16H17ClN2O. The first kappa shape index (κ1) is 14.4. The van der Waals surface area contributed by atoms with Gasteiger partial charge in [-0.2, -0.15) is 0 Å². The third-order valence-electron chi connectivity index (χ3n) is 3.22. The maximum absolute atomic E-state index is 11.1. The Labute approximate surface area is 123 Å². The van der Waals surface area contributed by atoms with Gasteiger partial charge in [0.2, 0.25) is 5.91 Å². The maximum Gasteiger partial charge on any atom is 0.250 e. The molecule has 4 heteroatoms. The predicted octanol–water partition coefficient (Wildman–Crippen LogP) is 3.65. The van der Waals surface area contributed by atoms with Crippen molar-refractivity contribution < 1.29 is 4.79 Å². The topological polar surface area (TPSA) is 55.1 Å². The van der Waals surface area contributed by atoms with Crippen LogP contribution in [0.2, 0.25) is 5.02 Å². The van der Waals surface area contributed by atoms with Gasteiger partial charge in [0, 0.05) is 12.2 Å². The quantitative estimate of drug-likeness (QED) is 0.882. The van der Waals surface area contributed by atoms with E-state index >= 15 is 0 Å². The highest BCUT2D eigenvalue weighted by Crippen LogP contribution is 2.22. The Morgan fingerprint density at radius 3 is 2.55 bits per heavy atom. The lowest BCUT2D eigenvalue weighted by atomic mass is 10.0. The van der Waals surface area contributed by atoms with Gasteiger partial charge in [0.25, 0.3) is 0 Å². The molecule has 104 valence electrons. The molecule has 0 aliphatic heterocycles. The minimum absolute atomic E-state index is 0.341. The van der Waals surface area contributed by atoms with E-state index in [1.54, 1.807) is 12.1 Å². The van der Waals surface area contributed by atoms with Crippen molar-refractivity contribution in [1.82, 2.24) is 0 Å². The molecule has 3 nitrogen and oxygen atoms in total. The Balaban J connectivity index is 2.01. The summed E-state index contributed by atoms with van der Waals surface area (Å²) in [5.41, 5.74) is 7.72. The Morgan fingerprint density at radius 2 is 1.95 bits per heavy atom. The molecule has 0 radical (unpaired) electrons. The summed E-state index contributed by atoms with van der Waals surface area (Å²) in [7, 11) is 0. The second-order valence-corrected chi connectivity index (χ2v) is 5.16. The highest BCUT2D eigenvalue weighted by Gasteiger charge is 2.08. The van der Waals surface area contributed by atoms with Crippen LogP contribution in [0.15, 0.2) is 48.5 Å². The van der Waals surface area contributed by atoms with Crippen LogP contribution in [0.25, 0.3) is 0 Å². The van der Waals surface area contributed by atoms with Gasteiger partial charge < -0.3 is 11.1 Å². The van der Waals surface area contributed by atoms with Crippen molar-refractivity contribution >= 4 is 23.2 Å². The molecule has 0 saturated carbocycles. The molecule has 2 rings (SSSR count). The van der Waals surface area contributed by atoms with Crippen LogP contribution in [0.4, 0.5) is 5.69 Å². The first-order valence-corrected chi connectivity index (χ1v) is 6.84. The molecule has 0 aromatic heterocycles. The zero-order valence-electron chi connectivity index (χ0n) is 11.3. The molecule has 0 heterocycles. The lowest BCUT2D eigenvalue weighted by Crippen LogP contribution is -2.13. The first-order chi connectivity index (χ1) is 9.58. The standard InChI is InChI=1S/C16H17ClN2O/c1-11(12-5-3-2-4-6-12)10-19-13-7-8-14(16(18)20)15(17)9-13/h2-9,11,19H,10H2,1H3,(H2,18,20). The fourth-order valence-corrected chi connectivity index (χ4v) is 2.27. The van der Waals surface area contributed by atoms with E-state index in [9.17, 15) is 4.79 Å². The number of halogens is 1. The van der Waals surface area contributed by atoms with E-state index in [4.69, 9.17) is 17.3 Å². The van der Waals surface area contributed by atoms with Crippen LogP contribution in [0.1, 0.15) is 28.8 Å². The van der Waals surface area contributed by atoms with Crippen molar-refractivity contribution in [2.75, 3.05) is 11.9 Å². The zero-order chi connectivity index (χ0) is 14.5. The number of nitrogens with two attached hydrogens (primary N) is 1.